The van der Waals surface area contributed by atoms with Crippen molar-refractivity contribution < 1.29 is 9.90 Å². The molecule has 0 bridgehead atoms. The van der Waals surface area contributed by atoms with Gasteiger partial charge in [-0.25, -0.2) is 4.79 Å². The minimum Gasteiger partial charge on any atom is -0.478 e. The molecule has 0 fully saturated rings. The minimum absolute atomic E-state index is 0.221. The normalized spacial score (nSPS) is 11.1. The highest BCUT2D eigenvalue weighted by Crippen LogP contribution is 2.42. The molecule has 0 saturated carbocycles. The fourth-order valence-electron chi connectivity index (χ4n) is 1.24. The summed E-state index contributed by atoms with van der Waals surface area (Å²) in [6.07, 6.45) is 1.06. The predicted octanol–water partition coefficient (Wildman–Crippen LogP) is 4.05. The molecule has 0 atom stereocenters. The SMILES string of the molecule is C=C(CCC(Br)(Br)c1ccccc1)C(=O)O. The lowest BCUT2D eigenvalue weighted by Gasteiger charge is -2.20. The van der Waals surface area contributed by atoms with Gasteiger partial charge < -0.3 is 5.11 Å². The van der Waals surface area contributed by atoms with Crippen LogP contribution in [0.25, 0.3) is 0 Å². The van der Waals surface area contributed by atoms with Crippen molar-refractivity contribution in [3.63, 3.8) is 0 Å². The highest BCUT2D eigenvalue weighted by molar-refractivity contribution is 9.24. The Morgan fingerprint density at radius 1 is 1.31 bits per heavy atom. The molecule has 1 aromatic carbocycles. The van der Waals surface area contributed by atoms with Crippen LogP contribution in [0.4, 0.5) is 0 Å². The smallest absolute Gasteiger partial charge is 0.330 e. The maximum atomic E-state index is 10.6. The molecule has 16 heavy (non-hydrogen) atoms. The Bertz CT molecular complexity index is 385. The van der Waals surface area contributed by atoms with Crippen LogP contribution in [-0.2, 0) is 8.03 Å². The molecule has 0 saturated heterocycles. The fraction of sp³-hybridized carbons (Fsp3) is 0.250. The van der Waals surface area contributed by atoms with Gasteiger partial charge in [0.2, 0.25) is 0 Å². The van der Waals surface area contributed by atoms with Gasteiger partial charge in [-0.3, -0.25) is 0 Å². The number of carboxylic acids is 1. The molecule has 0 radical (unpaired) electrons. The van der Waals surface area contributed by atoms with E-state index in [1.54, 1.807) is 0 Å². The monoisotopic (exact) mass is 346 g/mol. The average Bonchev–Trinajstić information content (AvgIpc) is 2.27. The first kappa shape index (κ1) is 13.5. The van der Waals surface area contributed by atoms with E-state index >= 15 is 0 Å². The number of hydrogen-bond acceptors (Lipinski definition) is 1. The van der Waals surface area contributed by atoms with E-state index in [1.165, 1.54) is 0 Å². The zero-order valence-corrected chi connectivity index (χ0v) is 11.8. The number of carbonyl (C=O) groups is 1. The van der Waals surface area contributed by atoms with Crippen LogP contribution in [-0.4, -0.2) is 11.1 Å². The zero-order valence-electron chi connectivity index (χ0n) is 8.62. The zero-order chi connectivity index (χ0) is 12.2. The van der Waals surface area contributed by atoms with E-state index in [4.69, 9.17) is 5.11 Å². The number of alkyl halides is 2. The summed E-state index contributed by atoms with van der Waals surface area (Å²) >= 11 is 7.10. The van der Waals surface area contributed by atoms with Crippen LogP contribution in [0, 0.1) is 0 Å². The van der Waals surface area contributed by atoms with Crippen LogP contribution in [0.5, 0.6) is 0 Å². The summed E-state index contributed by atoms with van der Waals surface area (Å²) in [7, 11) is 0. The second kappa shape index (κ2) is 5.64. The highest BCUT2D eigenvalue weighted by Gasteiger charge is 2.25. The summed E-state index contributed by atoms with van der Waals surface area (Å²) in [4.78, 5) is 10.6. The van der Waals surface area contributed by atoms with Crippen molar-refractivity contribution in [1.82, 2.24) is 0 Å². The van der Waals surface area contributed by atoms with E-state index in [0.717, 1.165) is 5.56 Å². The molecule has 1 rings (SSSR count). The van der Waals surface area contributed by atoms with E-state index in [0.29, 0.717) is 12.8 Å². The van der Waals surface area contributed by atoms with Crippen LogP contribution < -0.4 is 0 Å². The standard InChI is InChI=1S/C12H12Br2O2/c1-9(11(15)16)7-8-12(13,14)10-5-3-2-4-6-10/h2-6H,1,7-8H2,(H,15,16). The molecule has 0 aliphatic rings. The Morgan fingerprint density at radius 2 is 1.88 bits per heavy atom. The molecule has 86 valence electrons. The lowest BCUT2D eigenvalue weighted by molar-refractivity contribution is -0.132. The molecule has 0 heterocycles. The molecule has 0 aromatic heterocycles. The molecule has 4 heteroatoms. The number of carboxylic acid groups (broad SMARTS) is 1. The maximum absolute atomic E-state index is 10.6. The molecule has 0 amide bonds. The Kier molecular flexibility index (Phi) is 4.74. The van der Waals surface area contributed by atoms with E-state index < -0.39 is 5.97 Å². The Balaban J connectivity index is 2.66. The highest BCUT2D eigenvalue weighted by atomic mass is 79.9. The van der Waals surface area contributed by atoms with Crippen molar-refractivity contribution in [2.24, 2.45) is 0 Å². The number of halogens is 2. The van der Waals surface area contributed by atoms with Gasteiger partial charge >= 0.3 is 5.97 Å². The largest absolute Gasteiger partial charge is 0.478 e. The van der Waals surface area contributed by atoms with Gasteiger partial charge in [0, 0.05) is 5.57 Å². The molecular formula is C12H12Br2O2. The first-order valence-electron chi connectivity index (χ1n) is 4.78. The van der Waals surface area contributed by atoms with Gasteiger partial charge in [-0.15, -0.1) is 0 Å². The van der Waals surface area contributed by atoms with Gasteiger partial charge in [-0.2, -0.15) is 0 Å². The number of benzene rings is 1. The molecular weight excluding hydrogens is 336 g/mol. The van der Waals surface area contributed by atoms with Crippen molar-refractivity contribution in [3.05, 3.63) is 48.0 Å². The lowest BCUT2D eigenvalue weighted by Crippen LogP contribution is -2.10. The Morgan fingerprint density at radius 3 is 2.38 bits per heavy atom. The van der Waals surface area contributed by atoms with Crippen molar-refractivity contribution in [1.29, 1.82) is 0 Å². The molecule has 0 spiro atoms. The van der Waals surface area contributed by atoms with Gasteiger partial charge in [0.1, 0.15) is 3.23 Å². The maximum Gasteiger partial charge on any atom is 0.330 e. The van der Waals surface area contributed by atoms with E-state index in [1.807, 2.05) is 30.3 Å². The third-order valence-electron chi connectivity index (χ3n) is 2.24. The van der Waals surface area contributed by atoms with E-state index in [2.05, 4.69) is 38.4 Å². The summed E-state index contributed by atoms with van der Waals surface area (Å²) in [5.74, 6) is -0.941. The third-order valence-corrected chi connectivity index (χ3v) is 3.95. The molecule has 0 aliphatic carbocycles. The summed E-state index contributed by atoms with van der Waals surface area (Å²) in [6, 6.07) is 9.78. The average molecular weight is 348 g/mol. The van der Waals surface area contributed by atoms with Gasteiger partial charge in [0.15, 0.2) is 0 Å². The Hall–Kier alpha value is -0.610. The van der Waals surface area contributed by atoms with Gasteiger partial charge in [-0.1, -0.05) is 68.8 Å². The quantitative estimate of drug-likeness (QED) is 0.644. The topological polar surface area (TPSA) is 37.3 Å². The second-order valence-corrected chi connectivity index (χ2v) is 7.25. The van der Waals surface area contributed by atoms with Crippen LogP contribution in [0.3, 0.4) is 0 Å². The predicted molar refractivity (Wildman–Crippen MR) is 72.0 cm³/mol. The fourth-order valence-corrected chi connectivity index (χ4v) is 2.17. The van der Waals surface area contributed by atoms with Crippen LogP contribution >= 0.6 is 31.9 Å². The van der Waals surface area contributed by atoms with Crippen LogP contribution in [0.15, 0.2) is 42.5 Å². The van der Waals surface area contributed by atoms with Crippen molar-refractivity contribution in [3.8, 4) is 0 Å². The van der Waals surface area contributed by atoms with Crippen molar-refractivity contribution in [2.75, 3.05) is 0 Å². The first-order valence-corrected chi connectivity index (χ1v) is 6.36. The number of aliphatic carboxylic acids is 1. The number of rotatable bonds is 5. The lowest BCUT2D eigenvalue weighted by atomic mass is 10.0. The third kappa shape index (κ3) is 3.76. The Labute approximate surface area is 112 Å². The summed E-state index contributed by atoms with van der Waals surface area (Å²) in [5.41, 5.74) is 1.28. The van der Waals surface area contributed by atoms with Crippen molar-refractivity contribution >= 4 is 37.8 Å². The summed E-state index contributed by atoms with van der Waals surface area (Å²) < 4.78 is -0.389. The van der Waals surface area contributed by atoms with Crippen LogP contribution in [0.1, 0.15) is 18.4 Å². The second-order valence-electron chi connectivity index (χ2n) is 3.48. The molecule has 1 aromatic rings. The molecule has 1 N–H and O–H groups in total. The van der Waals surface area contributed by atoms with E-state index in [-0.39, 0.29) is 8.81 Å². The van der Waals surface area contributed by atoms with E-state index in [9.17, 15) is 4.79 Å². The van der Waals surface area contributed by atoms with Gasteiger partial charge in [0.25, 0.3) is 0 Å². The molecule has 2 nitrogen and oxygen atoms in total. The van der Waals surface area contributed by atoms with Crippen LogP contribution in [0.2, 0.25) is 0 Å². The first-order chi connectivity index (χ1) is 7.43. The summed E-state index contributed by atoms with van der Waals surface area (Å²) in [6.45, 7) is 3.51. The van der Waals surface area contributed by atoms with Crippen molar-refractivity contribution in [2.45, 2.75) is 16.1 Å². The molecule has 0 aliphatic heterocycles. The molecule has 0 unspecified atom stereocenters. The van der Waals surface area contributed by atoms with Gasteiger partial charge in [0.05, 0.1) is 0 Å². The number of hydrogen-bond donors (Lipinski definition) is 1. The summed E-state index contributed by atoms with van der Waals surface area (Å²) in [5, 5.41) is 8.72. The minimum atomic E-state index is -0.941. The van der Waals surface area contributed by atoms with Gasteiger partial charge in [-0.05, 0) is 18.4 Å².